The average Bonchev–Trinajstić information content (AvgIpc) is 1.36. The summed E-state index contributed by atoms with van der Waals surface area (Å²) in [7, 11) is 0. The zero-order valence-corrected chi connectivity index (χ0v) is 2.08. The summed E-state index contributed by atoms with van der Waals surface area (Å²) in [5.41, 5.74) is 2.75. The molecule has 0 bridgehead atoms. The second-order valence-corrected chi connectivity index (χ2v) is 1.10. The van der Waals surface area contributed by atoms with Gasteiger partial charge in [-0.15, -0.1) is 0 Å². The lowest BCUT2D eigenvalue weighted by atomic mass is 10.7. The van der Waals surface area contributed by atoms with E-state index in [-0.39, 0.29) is 0 Å². The molecule has 0 aromatic rings. The van der Waals surface area contributed by atoms with Crippen molar-refractivity contribution >= 4 is 0 Å². The van der Waals surface area contributed by atoms with Crippen LogP contribution in [-0.4, -0.2) is 0 Å². The van der Waals surface area contributed by atoms with Gasteiger partial charge in [0.15, 0.2) is 0 Å². The van der Waals surface area contributed by atoms with Crippen LogP contribution in [0.5, 0.6) is 0 Å². The molecule has 16 valence electrons. The fourth-order valence-corrected chi connectivity index (χ4v) is 0.217. The molecule has 0 radical (unpaired) electrons. The number of rotatable bonds is 0. The molecule has 2 aliphatic rings. The molecule has 0 aliphatic heterocycles. The highest BCUT2D eigenvalue weighted by atomic mass is 14.3. The van der Waals surface area contributed by atoms with Gasteiger partial charge in [0, 0.05) is 0 Å². The van der Waals surface area contributed by atoms with Crippen LogP contribution in [0.2, 0.25) is 0 Å². The smallest absolute Gasteiger partial charge is 0.0980 e. The Hall–Kier alpha value is -0.610. The summed E-state index contributed by atoms with van der Waals surface area (Å²) in [6.07, 6.45) is 5.08. The lowest BCUT2D eigenvalue weighted by Gasteiger charge is -1.13. The van der Waals surface area contributed by atoms with E-state index in [1.807, 2.05) is 0 Å². The van der Waals surface area contributed by atoms with Crippen molar-refractivity contribution in [2.45, 2.75) is 0 Å². The Labute approximate surface area is 24.4 Å². The molecule has 0 amide bonds. The van der Waals surface area contributed by atoms with Crippen LogP contribution >= 0.6 is 0 Å². The van der Waals surface area contributed by atoms with Crippen LogP contribution < -0.4 is 0 Å². The maximum Gasteiger partial charge on any atom is 0.221 e. The lowest BCUT2D eigenvalue weighted by molar-refractivity contribution is 2.14. The Morgan fingerprint density at radius 3 is 2.00 bits per heavy atom. The fourth-order valence-electron chi connectivity index (χ4n) is 0.217. The first-order valence-electron chi connectivity index (χ1n) is 1.33. The van der Waals surface area contributed by atoms with Gasteiger partial charge < -0.3 is 0 Å². The van der Waals surface area contributed by atoms with Gasteiger partial charge in [0.05, 0.1) is 6.08 Å². The monoisotopic (exact) mass is 49.0 g/mol. The van der Waals surface area contributed by atoms with Gasteiger partial charge in [-0.1, -0.05) is 0 Å². The highest BCUT2D eigenvalue weighted by Crippen LogP contribution is 2.42. The van der Waals surface area contributed by atoms with E-state index in [4.69, 9.17) is 0 Å². The molecule has 0 unspecified atom stereocenters. The van der Waals surface area contributed by atoms with Crippen LogP contribution in [0.25, 0.3) is 0 Å². The van der Waals surface area contributed by atoms with Crippen molar-refractivity contribution in [3.63, 3.8) is 0 Å². The predicted molar refractivity (Wildman–Crippen MR) is 14.8 cm³/mol. The van der Waals surface area contributed by atoms with Crippen LogP contribution in [0.4, 0.5) is 0 Å². The Kier molecular flexibility index (Phi) is 0.0212. The number of allylic oxidation sites excluding steroid dienone is 4. The van der Waals surface area contributed by atoms with E-state index < -0.39 is 0 Å². The molecule has 4 heavy (non-hydrogen) atoms. The van der Waals surface area contributed by atoms with E-state index in [0.29, 0.717) is 0 Å². The van der Waals surface area contributed by atoms with Crippen LogP contribution in [0.3, 0.4) is 0 Å². The minimum absolute atomic E-state index is 1.38. The van der Waals surface area contributed by atoms with E-state index in [1.165, 1.54) is 11.1 Å². The minimum atomic E-state index is 1.38. The fraction of sp³-hybridized carbons (Fsp3) is 0. The molecule has 2 aliphatic carbocycles. The highest BCUT2D eigenvalue weighted by Gasteiger charge is 2.46. The first-order chi connectivity index (χ1) is 1.97. The first kappa shape index (κ1) is 1.00. The van der Waals surface area contributed by atoms with Gasteiger partial charge in [0.1, 0.15) is 6.08 Å². The SMILES string of the molecule is [C+]1=C2C=C12. The summed E-state index contributed by atoms with van der Waals surface area (Å²) in [6.45, 7) is 0. The van der Waals surface area contributed by atoms with E-state index in [2.05, 4.69) is 12.2 Å². The highest BCUT2D eigenvalue weighted by molar-refractivity contribution is 5.75. The van der Waals surface area contributed by atoms with Crippen molar-refractivity contribution in [3.05, 3.63) is 23.3 Å². The second kappa shape index (κ2) is 0.0846. The lowest BCUT2D eigenvalue weighted by Crippen LogP contribution is -1.15. The third kappa shape index (κ3) is 0.00387. The van der Waals surface area contributed by atoms with Crippen molar-refractivity contribution in [3.8, 4) is 0 Å². The molecule has 0 aromatic heterocycles. The van der Waals surface area contributed by atoms with E-state index in [1.54, 1.807) is 0 Å². The maximum atomic E-state index is 2.97. The molecule has 0 saturated heterocycles. The van der Waals surface area contributed by atoms with Crippen molar-refractivity contribution < 1.29 is 0 Å². The van der Waals surface area contributed by atoms with Crippen LogP contribution in [-0.2, 0) is 0 Å². The van der Waals surface area contributed by atoms with Gasteiger partial charge in [-0.2, -0.15) is 0 Å². The molecule has 0 heterocycles. The van der Waals surface area contributed by atoms with Crippen molar-refractivity contribution in [2.75, 3.05) is 0 Å². The second-order valence-electron chi connectivity index (χ2n) is 1.10. The van der Waals surface area contributed by atoms with Gasteiger partial charge in [-0.05, 0) is 0 Å². The van der Waals surface area contributed by atoms with Crippen molar-refractivity contribution in [2.24, 2.45) is 0 Å². The zero-order valence-electron chi connectivity index (χ0n) is 2.08. The van der Waals surface area contributed by atoms with Gasteiger partial charge in [-0.3, -0.25) is 0 Å². The normalized spacial score (nSPS) is 24.0. The molecule has 0 nitrogen and oxygen atoms in total. The van der Waals surface area contributed by atoms with Gasteiger partial charge in [0.25, 0.3) is 0 Å². The zero-order chi connectivity index (χ0) is 2.57. The van der Waals surface area contributed by atoms with Gasteiger partial charge >= 0.3 is 0 Å². The Balaban J connectivity index is 3.10. The van der Waals surface area contributed by atoms with E-state index in [9.17, 15) is 0 Å². The third-order valence-corrected chi connectivity index (χ3v) is 0.702. The molecule has 0 fully saturated rings. The van der Waals surface area contributed by atoms with Crippen LogP contribution in [0.1, 0.15) is 0 Å². The Morgan fingerprint density at radius 2 is 2.00 bits per heavy atom. The molecule has 0 saturated carbocycles. The minimum Gasteiger partial charge on any atom is 0.0980 e. The summed E-state index contributed by atoms with van der Waals surface area (Å²) in [5.74, 6) is 0. The third-order valence-electron chi connectivity index (χ3n) is 0.702. The van der Waals surface area contributed by atoms with Crippen LogP contribution in [0.15, 0.2) is 17.2 Å². The summed E-state index contributed by atoms with van der Waals surface area (Å²) in [6, 6.07) is 0. The van der Waals surface area contributed by atoms with Gasteiger partial charge in [-0.25, -0.2) is 0 Å². The quantitative estimate of drug-likeness (QED) is 0.353. The summed E-state index contributed by atoms with van der Waals surface area (Å²) < 4.78 is 0. The Bertz CT molecular complexity index is 94.5. The maximum absolute atomic E-state index is 2.97. The molecule has 0 atom stereocenters. The largest absolute Gasteiger partial charge is 0.221 e. The first-order valence-corrected chi connectivity index (χ1v) is 1.33. The molecule has 0 spiro atoms. The Morgan fingerprint density at radius 1 is 1.75 bits per heavy atom. The summed E-state index contributed by atoms with van der Waals surface area (Å²) in [4.78, 5) is 0. The average molecular weight is 49.1 g/mol. The number of fused-ring (bicyclic) bond motifs is 1. The standard InChI is InChI=1S/C4H/c1-3-2-4(1)3/h1H/q+1. The van der Waals surface area contributed by atoms with E-state index >= 15 is 0 Å². The molecule has 0 aromatic carbocycles. The molecule has 0 heteroatoms. The van der Waals surface area contributed by atoms with Crippen molar-refractivity contribution in [1.29, 1.82) is 0 Å². The van der Waals surface area contributed by atoms with E-state index in [0.717, 1.165) is 0 Å². The summed E-state index contributed by atoms with van der Waals surface area (Å²) in [5, 5.41) is 0. The van der Waals surface area contributed by atoms with Crippen molar-refractivity contribution in [1.82, 2.24) is 0 Å². The number of hydrogen-bond donors (Lipinski definition) is 0. The van der Waals surface area contributed by atoms with Gasteiger partial charge in [0.2, 0.25) is 11.1 Å². The predicted octanol–water partition coefficient (Wildman–Crippen LogP) is 0.670. The van der Waals surface area contributed by atoms with Crippen LogP contribution in [0, 0.1) is 6.08 Å². The topological polar surface area (TPSA) is 0 Å². The molecular formula is C4H+. The molecular weight excluding hydrogens is 48.0 g/mol. The number of hydrogen-bond acceptors (Lipinski definition) is 0. The molecule has 2 rings (SSSR count). The molecule has 0 N–H and O–H groups in total. The summed E-state index contributed by atoms with van der Waals surface area (Å²) >= 11 is 0.